The van der Waals surface area contributed by atoms with Gasteiger partial charge in [-0.2, -0.15) is 0 Å². The zero-order valence-electron chi connectivity index (χ0n) is 13.3. The van der Waals surface area contributed by atoms with Gasteiger partial charge in [-0.15, -0.1) is 0 Å². The molecule has 0 amide bonds. The molecule has 1 unspecified atom stereocenters. The molecule has 1 aromatic rings. The molecular formula is C17H28BrNO. The first-order valence-electron chi connectivity index (χ1n) is 7.71. The quantitative estimate of drug-likeness (QED) is 0.608. The van der Waals surface area contributed by atoms with E-state index in [2.05, 4.69) is 54.2 Å². The first-order chi connectivity index (χ1) is 9.63. The zero-order valence-corrected chi connectivity index (χ0v) is 14.8. The monoisotopic (exact) mass is 341 g/mol. The second kappa shape index (κ2) is 9.41. The van der Waals surface area contributed by atoms with Gasteiger partial charge < -0.3 is 10.1 Å². The SMILES string of the molecule is CCCCCCC(NCC)c1cc(Br)c(C)cc1OC. The van der Waals surface area contributed by atoms with Crippen molar-refractivity contribution in [2.24, 2.45) is 0 Å². The van der Waals surface area contributed by atoms with Crippen LogP contribution in [0.5, 0.6) is 5.75 Å². The number of hydrogen-bond donors (Lipinski definition) is 1. The second-order valence-corrected chi connectivity index (χ2v) is 6.16. The minimum absolute atomic E-state index is 0.378. The van der Waals surface area contributed by atoms with E-state index in [-0.39, 0.29) is 0 Å². The fourth-order valence-corrected chi connectivity index (χ4v) is 2.87. The van der Waals surface area contributed by atoms with Gasteiger partial charge in [-0.3, -0.25) is 0 Å². The maximum Gasteiger partial charge on any atom is 0.123 e. The summed E-state index contributed by atoms with van der Waals surface area (Å²) in [6, 6.07) is 4.71. The van der Waals surface area contributed by atoms with E-state index in [1.54, 1.807) is 7.11 Å². The summed E-state index contributed by atoms with van der Waals surface area (Å²) in [5, 5.41) is 3.60. The van der Waals surface area contributed by atoms with Crippen molar-refractivity contribution < 1.29 is 4.74 Å². The largest absolute Gasteiger partial charge is 0.496 e. The molecule has 0 saturated heterocycles. The highest BCUT2D eigenvalue weighted by Crippen LogP contribution is 2.33. The van der Waals surface area contributed by atoms with Gasteiger partial charge in [0, 0.05) is 16.1 Å². The van der Waals surface area contributed by atoms with Crippen molar-refractivity contribution in [2.45, 2.75) is 58.9 Å². The van der Waals surface area contributed by atoms with E-state index in [0.29, 0.717) is 6.04 Å². The van der Waals surface area contributed by atoms with Crippen LogP contribution in [-0.4, -0.2) is 13.7 Å². The van der Waals surface area contributed by atoms with Gasteiger partial charge in [0.05, 0.1) is 7.11 Å². The molecular weight excluding hydrogens is 314 g/mol. The average molecular weight is 342 g/mol. The van der Waals surface area contributed by atoms with Crippen LogP contribution in [0.1, 0.15) is 63.1 Å². The highest BCUT2D eigenvalue weighted by Gasteiger charge is 2.16. The molecule has 1 rings (SSSR count). The lowest BCUT2D eigenvalue weighted by atomic mass is 9.98. The summed E-state index contributed by atoms with van der Waals surface area (Å²) in [5.41, 5.74) is 2.48. The van der Waals surface area contributed by atoms with Crippen LogP contribution in [0.3, 0.4) is 0 Å². The van der Waals surface area contributed by atoms with Crippen LogP contribution in [0, 0.1) is 6.92 Å². The predicted octanol–water partition coefficient (Wildman–Crippen LogP) is 5.39. The van der Waals surface area contributed by atoms with Gasteiger partial charge in [-0.05, 0) is 37.6 Å². The van der Waals surface area contributed by atoms with Crippen molar-refractivity contribution in [1.29, 1.82) is 0 Å². The second-order valence-electron chi connectivity index (χ2n) is 5.30. The predicted molar refractivity (Wildman–Crippen MR) is 90.6 cm³/mol. The average Bonchev–Trinajstić information content (AvgIpc) is 2.45. The molecule has 0 radical (unpaired) electrons. The van der Waals surface area contributed by atoms with E-state index in [0.717, 1.165) is 16.8 Å². The van der Waals surface area contributed by atoms with Gasteiger partial charge in [0.1, 0.15) is 5.75 Å². The Bertz CT molecular complexity index is 406. The third-order valence-electron chi connectivity index (χ3n) is 3.68. The number of nitrogens with one attached hydrogen (secondary N) is 1. The highest BCUT2D eigenvalue weighted by molar-refractivity contribution is 9.10. The Balaban J connectivity index is 2.86. The minimum atomic E-state index is 0.378. The molecule has 3 heteroatoms. The van der Waals surface area contributed by atoms with Crippen LogP contribution >= 0.6 is 15.9 Å². The molecule has 0 saturated carbocycles. The molecule has 2 nitrogen and oxygen atoms in total. The maximum absolute atomic E-state index is 5.58. The highest BCUT2D eigenvalue weighted by atomic mass is 79.9. The normalized spacial score (nSPS) is 12.4. The molecule has 1 aromatic carbocycles. The molecule has 0 fully saturated rings. The maximum atomic E-state index is 5.58. The minimum Gasteiger partial charge on any atom is -0.496 e. The lowest BCUT2D eigenvalue weighted by molar-refractivity contribution is 0.392. The molecule has 0 heterocycles. The standard InChI is InChI=1S/C17H28BrNO/c1-5-7-8-9-10-16(19-6-2)14-12-15(18)13(3)11-17(14)20-4/h11-12,16,19H,5-10H2,1-4H3. The van der Waals surface area contributed by atoms with Crippen molar-refractivity contribution >= 4 is 15.9 Å². The molecule has 0 aromatic heterocycles. The van der Waals surface area contributed by atoms with Gasteiger partial charge in [0.2, 0.25) is 0 Å². The van der Waals surface area contributed by atoms with Crippen molar-refractivity contribution in [2.75, 3.05) is 13.7 Å². The molecule has 0 aliphatic rings. The van der Waals surface area contributed by atoms with Gasteiger partial charge in [-0.25, -0.2) is 0 Å². The lowest BCUT2D eigenvalue weighted by Crippen LogP contribution is -2.21. The summed E-state index contributed by atoms with van der Waals surface area (Å²) in [6.45, 7) is 7.49. The molecule has 0 bridgehead atoms. The van der Waals surface area contributed by atoms with Crippen molar-refractivity contribution in [3.63, 3.8) is 0 Å². The third kappa shape index (κ3) is 5.10. The molecule has 1 atom stereocenters. The number of aryl methyl sites for hydroxylation is 1. The molecule has 20 heavy (non-hydrogen) atoms. The molecule has 1 N–H and O–H groups in total. The Morgan fingerprint density at radius 2 is 1.95 bits per heavy atom. The van der Waals surface area contributed by atoms with Crippen LogP contribution in [0.15, 0.2) is 16.6 Å². The van der Waals surface area contributed by atoms with Gasteiger partial charge in [0.25, 0.3) is 0 Å². The Morgan fingerprint density at radius 3 is 2.55 bits per heavy atom. The number of rotatable bonds is 9. The van der Waals surface area contributed by atoms with Gasteiger partial charge >= 0.3 is 0 Å². The topological polar surface area (TPSA) is 21.3 Å². The summed E-state index contributed by atoms with van der Waals surface area (Å²) in [7, 11) is 1.76. The van der Waals surface area contributed by atoms with Crippen molar-refractivity contribution in [3.05, 3.63) is 27.7 Å². The number of benzene rings is 1. The fourth-order valence-electron chi connectivity index (χ4n) is 2.51. The third-order valence-corrected chi connectivity index (χ3v) is 4.54. The van der Waals surface area contributed by atoms with E-state index in [9.17, 15) is 0 Å². The van der Waals surface area contributed by atoms with Crippen LogP contribution in [0.4, 0.5) is 0 Å². The number of halogens is 1. The van der Waals surface area contributed by atoms with Gasteiger partial charge in [0.15, 0.2) is 0 Å². The fraction of sp³-hybridized carbons (Fsp3) is 0.647. The zero-order chi connectivity index (χ0) is 15.0. The molecule has 114 valence electrons. The summed E-state index contributed by atoms with van der Waals surface area (Å²) < 4.78 is 6.73. The Labute approximate surface area is 132 Å². The van der Waals surface area contributed by atoms with Gasteiger partial charge in [-0.1, -0.05) is 55.5 Å². The van der Waals surface area contributed by atoms with Crippen LogP contribution in [-0.2, 0) is 0 Å². The van der Waals surface area contributed by atoms with Crippen LogP contribution < -0.4 is 10.1 Å². The smallest absolute Gasteiger partial charge is 0.123 e. The van der Waals surface area contributed by atoms with Crippen molar-refractivity contribution in [1.82, 2.24) is 5.32 Å². The summed E-state index contributed by atoms with van der Waals surface area (Å²) in [5.74, 6) is 0.993. The van der Waals surface area contributed by atoms with Crippen molar-refractivity contribution in [3.8, 4) is 5.75 Å². The van der Waals surface area contributed by atoms with Crippen LogP contribution in [0.2, 0.25) is 0 Å². The number of hydrogen-bond acceptors (Lipinski definition) is 2. The summed E-state index contributed by atoms with van der Waals surface area (Å²) in [4.78, 5) is 0. The van der Waals surface area contributed by atoms with E-state index < -0.39 is 0 Å². The van der Waals surface area contributed by atoms with Crippen LogP contribution in [0.25, 0.3) is 0 Å². The van der Waals surface area contributed by atoms with E-state index in [4.69, 9.17) is 4.74 Å². The Kier molecular flexibility index (Phi) is 8.24. The number of ether oxygens (including phenoxy) is 1. The Hall–Kier alpha value is -0.540. The van der Waals surface area contributed by atoms with E-state index in [1.165, 1.54) is 43.2 Å². The molecule has 0 spiro atoms. The molecule has 0 aliphatic heterocycles. The lowest BCUT2D eigenvalue weighted by Gasteiger charge is -2.22. The summed E-state index contributed by atoms with van der Waals surface area (Å²) in [6.07, 6.45) is 6.35. The summed E-state index contributed by atoms with van der Waals surface area (Å²) >= 11 is 3.64. The Morgan fingerprint density at radius 1 is 1.20 bits per heavy atom. The van der Waals surface area contributed by atoms with E-state index >= 15 is 0 Å². The number of unbranched alkanes of at least 4 members (excludes halogenated alkanes) is 3. The first-order valence-corrected chi connectivity index (χ1v) is 8.50. The first kappa shape index (κ1) is 17.5. The molecule has 0 aliphatic carbocycles. The van der Waals surface area contributed by atoms with E-state index in [1.807, 2.05) is 0 Å². The number of methoxy groups -OCH3 is 1.